The number of nitro groups is 1. The zero-order valence-corrected chi connectivity index (χ0v) is 11.9. The molecule has 5 aliphatic carbocycles. The molecule has 5 fully saturated rings. The van der Waals surface area contributed by atoms with Crippen molar-refractivity contribution in [3.05, 3.63) is 10.1 Å². The summed E-state index contributed by atoms with van der Waals surface area (Å²) in [5.41, 5.74) is 0. The molecule has 2 unspecified atom stereocenters. The van der Waals surface area contributed by atoms with Crippen LogP contribution in [0.25, 0.3) is 0 Å². The van der Waals surface area contributed by atoms with Gasteiger partial charge in [-0.15, -0.1) is 0 Å². The molecule has 0 aromatic carbocycles. The van der Waals surface area contributed by atoms with Crippen molar-refractivity contribution in [1.29, 1.82) is 0 Å². The molecule has 5 rings (SSSR count). The quantitative estimate of drug-likeness (QED) is 0.585. The van der Waals surface area contributed by atoms with Crippen LogP contribution in [0.4, 0.5) is 0 Å². The van der Waals surface area contributed by atoms with Crippen LogP contribution >= 0.6 is 0 Å². The summed E-state index contributed by atoms with van der Waals surface area (Å²) in [7, 11) is 1.89. The Balaban J connectivity index is 1.48. The van der Waals surface area contributed by atoms with Gasteiger partial charge in [-0.25, -0.2) is 0 Å². The van der Waals surface area contributed by atoms with Gasteiger partial charge in [-0.1, -0.05) is 0 Å². The molecule has 0 radical (unpaired) electrons. The summed E-state index contributed by atoms with van der Waals surface area (Å²) in [5, 5.41) is 10.8. The van der Waals surface area contributed by atoms with E-state index in [1.54, 1.807) is 0 Å². The average molecular weight is 278 g/mol. The minimum absolute atomic E-state index is 0.0316. The summed E-state index contributed by atoms with van der Waals surface area (Å²) in [6.45, 7) is 0. The first-order valence-corrected chi connectivity index (χ1v) is 7.94. The molecule has 0 aromatic heterocycles. The molecule has 0 aromatic rings. The Labute approximate surface area is 118 Å². The summed E-state index contributed by atoms with van der Waals surface area (Å²) < 4.78 is 0. The van der Waals surface area contributed by atoms with Gasteiger partial charge in [-0.3, -0.25) is 14.9 Å². The van der Waals surface area contributed by atoms with Crippen molar-refractivity contribution in [3.63, 3.8) is 0 Å². The Hall–Kier alpha value is -1.13. The van der Waals surface area contributed by atoms with Crippen LogP contribution < -0.4 is 0 Å². The van der Waals surface area contributed by atoms with Crippen LogP contribution in [0.5, 0.6) is 0 Å². The summed E-state index contributed by atoms with van der Waals surface area (Å²) in [6.07, 6.45) is 6.96. The van der Waals surface area contributed by atoms with E-state index in [-0.39, 0.29) is 16.7 Å². The molecule has 5 saturated carbocycles. The van der Waals surface area contributed by atoms with E-state index < -0.39 is 6.04 Å². The number of nitrogens with zero attached hydrogens (tertiary/aromatic N) is 2. The van der Waals surface area contributed by atoms with Crippen molar-refractivity contribution in [3.8, 4) is 0 Å². The predicted octanol–water partition coefficient (Wildman–Crippen LogP) is 1.93. The molecule has 110 valence electrons. The SMILES string of the molecule is CN(C(=O)C1CC1[N+](=O)[O-])C1C2CC3CC(C2)CC1C3. The van der Waals surface area contributed by atoms with Gasteiger partial charge in [-0.05, 0) is 55.8 Å². The first-order chi connectivity index (χ1) is 9.54. The molecule has 0 N–H and O–H groups in total. The fraction of sp³-hybridized carbons (Fsp3) is 0.933. The second kappa shape index (κ2) is 4.18. The summed E-state index contributed by atoms with van der Waals surface area (Å²) in [6, 6.07) is -0.245. The largest absolute Gasteiger partial charge is 0.342 e. The Morgan fingerprint density at radius 2 is 1.60 bits per heavy atom. The number of amides is 1. The second-order valence-corrected chi connectivity index (χ2v) is 7.57. The normalized spacial score (nSPS) is 48.1. The summed E-state index contributed by atoms with van der Waals surface area (Å²) in [5.74, 6) is 2.80. The lowest BCUT2D eigenvalue weighted by molar-refractivity contribution is -0.497. The van der Waals surface area contributed by atoms with Crippen LogP contribution in [0, 0.1) is 39.7 Å². The van der Waals surface area contributed by atoms with E-state index in [4.69, 9.17) is 0 Å². The maximum atomic E-state index is 12.5. The van der Waals surface area contributed by atoms with Gasteiger partial charge in [0.1, 0.15) is 5.92 Å². The third-order valence-electron chi connectivity index (χ3n) is 6.32. The number of rotatable bonds is 3. The van der Waals surface area contributed by atoms with Gasteiger partial charge in [0, 0.05) is 24.4 Å². The fourth-order valence-electron chi connectivity index (χ4n) is 5.62. The Bertz CT molecular complexity index is 436. The first-order valence-electron chi connectivity index (χ1n) is 7.94. The van der Waals surface area contributed by atoms with Crippen molar-refractivity contribution in [1.82, 2.24) is 4.90 Å². The van der Waals surface area contributed by atoms with Gasteiger partial charge in [-0.2, -0.15) is 0 Å². The van der Waals surface area contributed by atoms with Crippen molar-refractivity contribution < 1.29 is 9.72 Å². The molecule has 1 amide bonds. The minimum Gasteiger partial charge on any atom is -0.342 e. The highest BCUT2D eigenvalue weighted by Gasteiger charge is 2.57. The maximum absolute atomic E-state index is 12.5. The van der Waals surface area contributed by atoms with Crippen molar-refractivity contribution in [2.45, 2.75) is 50.6 Å². The topological polar surface area (TPSA) is 63.5 Å². The zero-order chi connectivity index (χ0) is 14.0. The highest BCUT2D eigenvalue weighted by Crippen LogP contribution is 2.55. The smallest absolute Gasteiger partial charge is 0.232 e. The molecule has 5 heteroatoms. The number of carbonyl (C=O) groups is 1. The third-order valence-corrected chi connectivity index (χ3v) is 6.32. The van der Waals surface area contributed by atoms with Crippen LogP contribution in [0.3, 0.4) is 0 Å². The lowest BCUT2D eigenvalue weighted by atomic mass is 9.54. The van der Waals surface area contributed by atoms with Crippen molar-refractivity contribution in [2.24, 2.45) is 29.6 Å². The van der Waals surface area contributed by atoms with E-state index >= 15 is 0 Å². The molecule has 4 bridgehead atoms. The zero-order valence-electron chi connectivity index (χ0n) is 11.9. The molecule has 0 heterocycles. The Kier molecular flexibility index (Phi) is 2.63. The van der Waals surface area contributed by atoms with Gasteiger partial charge >= 0.3 is 0 Å². The van der Waals surface area contributed by atoms with Gasteiger partial charge in [0.2, 0.25) is 11.9 Å². The van der Waals surface area contributed by atoms with Crippen LogP contribution in [-0.4, -0.2) is 34.9 Å². The second-order valence-electron chi connectivity index (χ2n) is 7.57. The first kappa shape index (κ1) is 12.6. The molecular formula is C15H22N2O3. The highest BCUT2D eigenvalue weighted by molar-refractivity contribution is 5.82. The maximum Gasteiger partial charge on any atom is 0.232 e. The van der Waals surface area contributed by atoms with E-state index in [1.807, 2.05) is 11.9 Å². The standard InChI is InChI=1S/C15H22N2O3/c1-16(15(18)12-7-13(12)17(19)20)14-10-3-8-2-9(5-10)6-11(14)4-8/h8-14H,2-7H2,1H3. The van der Waals surface area contributed by atoms with Gasteiger partial charge in [0.15, 0.2) is 0 Å². The lowest BCUT2D eigenvalue weighted by Gasteiger charge is -2.56. The number of hydrogen-bond donors (Lipinski definition) is 0. The van der Waals surface area contributed by atoms with Gasteiger partial charge in [0.05, 0.1) is 0 Å². The van der Waals surface area contributed by atoms with Crippen LogP contribution in [0.15, 0.2) is 0 Å². The monoisotopic (exact) mass is 278 g/mol. The fourth-order valence-corrected chi connectivity index (χ4v) is 5.62. The third kappa shape index (κ3) is 1.78. The number of carbonyl (C=O) groups excluding carboxylic acids is 1. The van der Waals surface area contributed by atoms with E-state index in [0.29, 0.717) is 24.3 Å². The molecule has 0 spiro atoms. The molecule has 5 nitrogen and oxygen atoms in total. The van der Waals surface area contributed by atoms with E-state index in [1.165, 1.54) is 32.1 Å². The molecule has 5 aliphatic rings. The average Bonchev–Trinajstić information content (AvgIpc) is 3.16. The van der Waals surface area contributed by atoms with Crippen molar-refractivity contribution in [2.75, 3.05) is 7.05 Å². The number of hydrogen-bond acceptors (Lipinski definition) is 3. The van der Waals surface area contributed by atoms with E-state index in [0.717, 1.165) is 11.8 Å². The molecule has 20 heavy (non-hydrogen) atoms. The molecular weight excluding hydrogens is 256 g/mol. The molecule has 0 saturated heterocycles. The van der Waals surface area contributed by atoms with Gasteiger partial charge in [0.25, 0.3) is 0 Å². The van der Waals surface area contributed by atoms with Crippen LogP contribution in [0.1, 0.15) is 38.5 Å². The van der Waals surface area contributed by atoms with E-state index in [2.05, 4.69) is 0 Å². The van der Waals surface area contributed by atoms with Crippen molar-refractivity contribution >= 4 is 5.91 Å². The van der Waals surface area contributed by atoms with Gasteiger partial charge < -0.3 is 4.90 Å². The molecule has 2 atom stereocenters. The highest BCUT2D eigenvalue weighted by atomic mass is 16.6. The van der Waals surface area contributed by atoms with Crippen LogP contribution in [-0.2, 0) is 4.79 Å². The summed E-state index contributed by atoms with van der Waals surface area (Å²) in [4.78, 5) is 24.8. The van der Waals surface area contributed by atoms with Crippen LogP contribution in [0.2, 0.25) is 0 Å². The van der Waals surface area contributed by atoms with E-state index in [9.17, 15) is 14.9 Å². The molecule has 0 aliphatic heterocycles. The lowest BCUT2D eigenvalue weighted by Crippen LogP contribution is -2.56. The Morgan fingerprint density at radius 1 is 1.05 bits per heavy atom. The predicted molar refractivity (Wildman–Crippen MR) is 72.5 cm³/mol. The minimum atomic E-state index is -0.609. The Morgan fingerprint density at radius 3 is 2.05 bits per heavy atom. The summed E-state index contributed by atoms with van der Waals surface area (Å²) >= 11 is 0.